The van der Waals surface area contributed by atoms with Crippen LogP contribution in [-0.2, 0) is 16.6 Å². The van der Waals surface area contributed by atoms with Gasteiger partial charge in [0.1, 0.15) is 0 Å². The molecule has 2 heteroatoms. The first kappa shape index (κ1) is 13.6. The third-order valence-corrected chi connectivity index (χ3v) is 3.60. The number of hydrogen-bond acceptors (Lipinski definition) is 2. The third kappa shape index (κ3) is 3.82. The molecule has 0 amide bonds. The molecule has 1 heterocycles. The summed E-state index contributed by atoms with van der Waals surface area (Å²) in [5.74, 6) is 0. The lowest BCUT2D eigenvalue weighted by atomic mass is 9.86. The van der Waals surface area contributed by atoms with Gasteiger partial charge in [-0.05, 0) is 29.4 Å². The van der Waals surface area contributed by atoms with E-state index in [-0.39, 0.29) is 5.41 Å². The summed E-state index contributed by atoms with van der Waals surface area (Å²) in [4.78, 5) is 0. The largest absolute Gasteiger partial charge is 0.379 e. The van der Waals surface area contributed by atoms with E-state index in [0.29, 0.717) is 6.04 Å². The fourth-order valence-electron chi connectivity index (χ4n) is 2.32. The SMILES string of the molecule is CC(C)(C)c1ccc(CCC2COCCN2)cc1. The van der Waals surface area contributed by atoms with Crippen LogP contribution in [0.15, 0.2) is 24.3 Å². The summed E-state index contributed by atoms with van der Waals surface area (Å²) in [6.07, 6.45) is 2.29. The number of rotatable bonds is 3. The summed E-state index contributed by atoms with van der Waals surface area (Å²) < 4.78 is 5.47. The van der Waals surface area contributed by atoms with E-state index < -0.39 is 0 Å². The zero-order chi connectivity index (χ0) is 13.0. The number of benzene rings is 1. The van der Waals surface area contributed by atoms with E-state index in [1.54, 1.807) is 0 Å². The fourth-order valence-corrected chi connectivity index (χ4v) is 2.32. The molecule has 1 fully saturated rings. The first-order valence-corrected chi connectivity index (χ1v) is 6.96. The van der Waals surface area contributed by atoms with Gasteiger partial charge in [0.25, 0.3) is 0 Å². The topological polar surface area (TPSA) is 21.3 Å². The maximum atomic E-state index is 5.47. The van der Waals surface area contributed by atoms with Gasteiger partial charge >= 0.3 is 0 Å². The number of nitrogens with one attached hydrogen (secondary N) is 1. The van der Waals surface area contributed by atoms with Gasteiger partial charge < -0.3 is 10.1 Å². The molecular weight excluding hydrogens is 222 g/mol. The summed E-state index contributed by atoms with van der Waals surface area (Å²) in [6, 6.07) is 9.59. The summed E-state index contributed by atoms with van der Waals surface area (Å²) in [5.41, 5.74) is 3.08. The lowest BCUT2D eigenvalue weighted by Crippen LogP contribution is -2.41. The van der Waals surface area contributed by atoms with Gasteiger partial charge in [-0.25, -0.2) is 0 Å². The number of hydrogen-bond donors (Lipinski definition) is 1. The van der Waals surface area contributed by atoms with Crippen LogP contribution in [0.1, 0.15) is 38.3 Å². The number of ether oxygens (including phenoxy) is 1. The van der Waals surface area contributed by atoms with Crippen LogP contribution in [-0.4, -0.2) is 25.8 Å². The molecule has 1 aromatic carbocycles. The van der Waals surface area contributed by atoms with Gasteiger partial charge in [0.2, 0.25) is 0 Å². The van der Waals surface area contributed by atoms with Crippen LogP contribution in [0.25, 0.3) is 0 Å². The molecule has 1 N–H and O–H groups in total. The van der Waals surface area contributed by atoms with Gasteiger partial charge in [-0.1, -0.05) is 45.0 Å². The van der Waals surface area contributed by atoms with Crippen molar-refractivity contribution < 1.29 is 4.74 Å². The van der Waals surface area contributed by atoms with Crippen LogP contribution in [0.5, 0.6) is 0 Å². The van der Waals surface area contributed by atoms with Crippen molar-refractivity contribution in [3.05, 3.63) is 35.4 Å². The molecule has 1 aliphatic rings. The summed E-state index contributed by atoms with van der Waals surface area (Å²) in [7, 11) is 0. The highest BCUT2D eigenvalue weighted by molar-refractivity contribution is 5.27. The van der Waals surface area contributed by atoms with Crippen molar-refractivity contribution in [3.63, 3.8) is 0 Å². The Morgan fingerprint density at radius 3 is 2.50 bits per heavy atom. The molecule has 0 saturated carbocycles. The molecule has 1 atom stereocenters. The molecule has 1 unspecified atom stereocenters. The van der Waals surface area contributed by atoms with Crippen LogP contribution in [0, 0.1) is 0 Å². The van der Waals surface area contributed by atoms with Gasteiger partial charge in [0.05, 0.1) is 13.2 Å². The minimum Gasteiger partial charge on any atom is -0.379 e. The molecule has 0 radical (unpaired) electrons. The van der Waals surface area contributed by atoms with Crippen LogP contribution >= 0.6 is 0 Å². The zero-order valence-electron chi connectivity index (χ0n) is 11.8. The van der Waals surface area contributed by atoms with Crippen molar-refractivity contribution in [1.29, 1.82) is 0 Å². The Kier molecular flexibility index (Phi) is 4.41. The van der Waals surface area contributed by atoms with E-state index in [4.69, 9.17) is 4.74 Å². The third-order valence-electron chi connectivity index (χ3n) is 3.60. The quantitative estimate of drug-likeness (QED) is 0.887. The highest BCUT2D eigenvalue weighted by atomic mass is 16.5. The molecule has 0 aliphatic carbocycles. The maximum absolute atomic E-state index is 5.47. The van der Waals surface area contributed by atoms with Crippen molar-refractivity contribution in [1.82, 2.24) is 5.32 Å². The number of morpholine rings is 1. The second kappa shape index (κ2) is 5.85. The van der Waals surface area contributed by atoms with Crippen LogP contribution in [0.2, 0.25) is 0 Å². The molecule has 18 heavy (non-hydrogen) atoms. The molecule has 1 aromatic rings. The fraction of sp³-hybridized carbons (Fsp3) is 0.625. The van der Waals surface area contributed by atoms with Crippen LogP contribution < -0.4 is 5.32 Å². The van der Waals surface area contributed by atoms with E-state index in [1.807, 2.05) is 0 Å². The highest BCUT2D eigenvalue weighted by Crippen LogP contribution is 2.22. The normalized spacial score (nSPS) is 20.9. The predicted octanol–water partition coefficient (Wildman–Crippen LogP) is 2.91. The van der Waals surface area contributed by atoms with Crippen LogP contribution in [0.4, 0.5) is 0 Å². The van der Waals surface area contributed by atoms with E-state index in [9.17, 15) is 0 Å². The predicted molar refractivity (Wildman–Crippen MR) is 76.1 cm³/mol. The average Bonchev–Trinajstić information content (AvgIpc) is 2.37. The van der Waals surface area contributed by atoms with Gasteiger partial charge in [0.15, 0.2) is 0 Å². The molecule has 100 valence electrons. The van der Waals surface area contributed by atoms with E-state index >= 15 is 0 Å². The monoisotopic (exact) mass is 247 g/mol. The lowest BCUT2D eigenvalue weighted by molar-refractivity contribution is 0.0743. The molecule has 2 rings (SSSR count). The summed E-state index contributed by atoms with van der Waals surface area (Å²) >= 11 is 0. The van der Waals surface area contributed by atoms with Crippen LogP contribution in [0.3, 0.4) is 0 Å². The van der Waals surface area contributed by atoms with Crippen molar-refractivity contribution >= 4 is 0 Å². The lowest BCUT2D eigenvalue weighted by Gasteiger charge is -2.24. The van der Waals surface area contributed by atoms with E-state index in [0.717, 1.165) is 32.6 Å². The van der Waals surface area contributed by atoms with E-state index in [2.05, 4.69) is 50.4 Å². The average molecular weight is 247 g/mol. The van der Waals surface area contributed by atoms with Gasteiger partial charge in [-0.15, -0.1) is 0 Å². The van der Waals surface area contributed by atoms with E-state index in [1.165, 1.54) is 11.1 Å². The second-order valence-electron chi connectivity index (χ2n) is 6.21. The molecule has 1 saturated heterocycles. The van der Waals surface area contributed by atoms with Gasteiger partial charge in [-0.2, -0.15) is 0 Å². The molecule has 0 bridgehead atoms. The summed E-state index contributed by atoms with van der Waals surface area (Å²) in [5, 5.41) is 3.50. The molecule has 0 spiro atoms. The Labute approximate surface area is 111 Å². The Morgan fingerprint density at radius 1 is 1.22 bits per heavy atom. The van der Waals surface area contributed by atoms with Gasteiger partial charge in [-0.3, -0.25) is 0 Å². The van der Waals surface area contributed by atoms with Crippen molar-refractivity contribution in [3.8, 4) is 0 Å². The minimum absolute atomic E-state index is 0.247. The second-order valence-corrected chi connectivity index (χ2v) is 6.21. The Bertz CT molecular complexity index is 358. The molecular formula is C16H25NO. The van der Waals surface area contributed by atoms with Crippen molar-refractivity contribution in [2.24, 2.45) is 0 Å². The molecule has 2 nitrogen and oxygen atoms in total. The first-order valence-electron chi connectivity index (χ1n) is 6.96. The Balaban J connectivity index is 1.86. The highest BCUT2D eigenvalue weighted by Gasteiger charge is 2.14. The zero-order valence-corrected chi connectivity index (χ0v) is 11.8. The maximum Gasteiger partial charge on any atom is 0.0620 e. The van der Waals surface area contributed by atoms with Crippen molar-refractivity contribution in [2.45, 2.75) is 45.1 Å². The Morgan fingerprint density at radius 2 is 1.94 bits per heavy atom. The number of aryl methyl sites for hydroxylation is 1. The molecule has 0 aromatic heterocycles. The molecule has 1 aliphatic heterocycles. The first-order chi connectivity index (χ1) is 8.55. The Hall–Kier alpha value is -0.860. The minimum atomic E-state index is 0.247. The van der Waals surface area contributed by atoms with Crippen molar-refractivity contribution in [2.75, 3.05) is 19.8 Å². The summed E-state index contributed by atoms with van der Waals surface area (Å²) in [6.45, 7) is 9.48. The van der Waals surface area contributed by atoms with Gasteiger partial charge in [0, 0.05) is 12.6 Å². The standard InChI is InChI=1S/C16H25NO/c1-16(2,3)14-7-4-13(5-8-14)6-9-15-12-18-11-10-17-15/h4-5,7-8,15,17H,6,9-12H2,1-3H3. The smallest absolute Gasteiger partial charge is 0.0620 e.